The van der Waals surface area contributed by atoms with Crippen LogP contribution in [-0.4, -0.2) is 51.3 Å². The summed E-state index contributed by atoms with van der Waals surface area (Å²) in [6, 6.07) is 1.88. The molecule has 7 nitrogen and oxygen atoms in total. The summed E-state index contributed by atoms with van der Waals surface area (Å²) >= 11 is 0. The summed E-state index contributed by atoms with van der Waals surface area (Å²) in [6.07, 6.45) is 0. The van der Waals surface area contributed by atoms with E-state index in [4.69, 9.17) is 0 Å². The van der Waals surface area contributed by atoms with Crippen molar-refractivity contribution in [2.24, 2.45) is 0 Å². The molecule has 0 bridgehead atoms. The van der Waals surface area contributed by atoms with E-state index in [1.165, 1.54) is 0 Å². The zero-order valence-electron chi connectivity index (χ0n) is 11.8. The first-order valence-corrected chi connectivity index (χ1v) is 7.73. The Morgan fingerprint density at radius 3 is 2.53 bits per heavy atom. The molecule has 1 rings (SSSR count). The van der Waals surface area contributed by atoms with Crippen LogP contribution in [0.3, 0.4) is 0 Å². The maximum absolute atomic E-state index is 11.2. The van der Waals surface area contributed by atoms with Crippen molar-refractivity contribution in [2.75, 3.05) is 43.2 Å². The fourth-order valence-electron chi connectivity index (χ4n) is 1.34. The Labute approximate surface area is 114 Å². The largest absolute Gasteiger partial charge is 0.363 e. The van der Waals surface area contributed by atoms with Gasteiger partial charge in [0.25, 0.3) is 0 Å². The predicted octanol–water partition coefficient (Wildman–Crippen LogP) is 0.202. The van der Waals surface area contributed by atoms with Crippen molar-refractivity contribution in [3.05, 3.63) is 11.8 Å². The number of nitrogens with one attached hydrogen (secondary N) is 2. The number of anilines is 2. The molecule has 0 spiro atoms. The van der Waals surface area contributed by atoms with Gasteiger partial charge in [0.1, 0.15) is 5.82 Å². The highest BCUT2D eigenvalue weighted by molar-refractivity contribution is 7.89. The molecular weight excluding hydrogens is 266 g/mol. The van der Waals surface area contributed by atoms with Gasteiger partial charge in [-0.25, -0.2) is 18.1 Å². The fraction of sp³-hybridized carbons (Fsp3) is 0.636. The topological polar surface area (TPSA) is 87.2 Å². The predicted molar refractivity (Wildman–Crippen MR) is 77.0 cm³/mol. The van der Waals surface area contributed by atoms with Gasteiger partial charge in [-0.05, 0) is 13.8 Å². The maximum atomic E-state index is 11.2. The molecule has 8 heteroatoms. The first-order valence-electron chi connectivity index (χ1n) is 6.08. The molecule has 0 atom stereocenters. The van der Waals surface area contributed by atoms with Gasteiger partial charge in [0.05, 0.1) is 5.75 Å². The molecule has 0 fully saturated rings. The number of hydrogen-bond donors (Lipinski definition) is 2. The van der Waals surface area contributed by atoms with Crippen LogP contribution in [0.2, 0.25) is 0 Å². The molecule has 0 amide bonds. The van der Waals surface area contributed by atoms with E-state index in [-0.39, 0.29) is 5.75 Å². The summed E-state index contributed by atoms with van der Waals surface area (Å²) in [6.45, 7) is 4.24. The van der Waals surface area contributed by atoms with Crippen molar-refractivity contribution in [3.8, 4) is 0 Å². The van der Waals surface area contributed by atoms with Crippen LogP contribution >= 0.6 is 0 Å². The maximum Gasteiger partial charge on any atom is 0.224 e. The van der Waals surface area contributed by atoms with E-state index in [0.29, 0.717) is 19.0 Å². The molecule has 0 aromatic carbocycles. The molecule has 0 saturated heterocycles. The number of rotatable bonds is 7. The van der Waals surface area contributed by atoms with Crippen molar-refractivity contribution >= 4 is 21.8 Å². The van der Waals surface area contributed by atoms with Crippen LogP contribution in [-0.2, 0) is 10.0 Å². The van der Waals surface area contributed by atoms with E-state index in [1.54, 1.807) is 6.92 Å². The Bertz CT molecular complexity index is 516. The van der Waals surface area contributed by atoms with Gasteiger partial charge in [-0.3, -0.25) is 0 Å². The molecule has 1 heterocycles. The lowest BCUT2D eigenvalue weighted by Gasteiger charge is -2.13. The molecule has 0 aliphatic rings. The lowest BCUT2D eigenvalue weighted by molar-refractivity contribution is 0.584. The van der Waals surface area contributed by atoms with Gasteiger partial charge in [-0.2, -0.15) is 4.98 Å². The third-order valence-corrected chi connectivity index (χ3v) is 3.81. The summed E-state index contributed by atoms with van der Waals surface area (Å²) in [5, 5.41) is 3.00. The van der Waals surface area contributed by atoms with E-state index in [0.717, 1.165) is 11.5 Å². The normalized spacial score (nSPS) is 11.4. The van der Waals surface area contributed by atoms with Crippen LogP contribution in [0.15, 0.2) is 6.07 Å². The highest BCUT2D eigenvalue weighted by Gasteiger charge is 2.06. The van der Waals surface area contributed by atoms with Gasteiger partial charge in [0.15, 0.2) is 0 Å². The summed E-state index contributed by atoms with van der Waals surface area (Å²) in [5.74, 6) is 1.39. The second-order valence-corrected chi connectivity index (χ2v) is 6.41. The second kappa shape index (κ2) is 6.67. The summed E-state index contributed by atoms with van der Waals surface area (Å²) in [7, 11) is 0.665. The number of sulfonamides is 1. The van der Waals surface area contributed by atoms with Crippen LogP contribution < -0.4 is 14.9 Å². The van der Waals surface area contributed by atoms with E-state index < -0.39 is 10.0 Å². The van der Waals surface area contributed by atoms with Crippen LogP contribution in [0.4, 0.5) is 11.8 Å². The molecule has 0 aliphatic heterocycles. The minimum absolute atomic E-state index is 0.0821. The van der Waals surface area contributed by atoms with Gasteiger partial charge < -0.3 is 10.2 Å². The van der Waals surface area contributed by atoms with Crippen LogP contribution in [0.5, 0.6) is 0 Å². The van der Waals surface area contributed by atoms with Crippen LogP contribution in [0, 0.1) is 6.92 Å². The number of nitrogens with zero attached hydrogens (tertiary/aromatic N) is 3. The first kappa shape index (κ1) is 15.6. The molecule has 19 heavy (non-hydrogen) atoms. The van der Waals surface area contributed by atoms with Crippen molar-refractivity contribution < 1.29 is 8.42 Å². The average Bonchev–Trinajstić information content (AvgIpc) is 2.34. The van der Waals surface area contributed by atoms with Gasteiger partial charge in [0, 0.05) is 38.9 Å². The molecule has 1 aromatic heterocycles. The Kier molecular flexibility index (Phi) is 5.49. The molecule has 0 unspecified atom stereocenters. The Morgan fingerprint density at radius 1 is 1.26 bits per heavy atom. The minimum atomic E-state index is -3.14. The first-order chi connectivity index (χ1) is 8.84. The number of aromatic nitrogens is 2. The third kappa shape index (κ3) is 5.39. The molecule has 0 aliphatic carbocycles. The monoisotopic (exact) mass is 287 g/mol. The van der Waals surface area contributed by atoms with E-state index >= 15 is 0 Å². The highest BCUT2D eigenvalue weighted by atomic mass is 32.2. The third-order valence-electron chi connectivity index (χ3n) is 2.41. The molecule has 0 saturated carbocycles. The Balaban J connectivity index is 2.54. The van der Waals surface area contributed by atoms with Gasteiger partial charge >= 0.3 is 0 Å². The SMILES string of the molecule is CCS(=O)(=O)NCCNc1nc(C)cc(N(C)C)n1. The highest BCUT2D eigenvalue weighted by Crippen LogP contribution is 2.11. The van der Waals surface area contributed by atoms with Crippen molar-refractivity contribution in [2.45, 2.75) is 13.8 Å². The van der Waals surface area contributed by atoms with Crippen molar-refractivity contribution in [1.82, 2.24) is 14.7 Å². The lowest BCUT2D eigenvalue weighted by Crippen LogP contribution is -2.30. The molecule has 2 N–H and O–H groups in total. The standard InChI is InChI=1S/C11H21N5O2S/c1-5-19(17,18)13-7-6-12-11-14-9(2)8-10(15-11)16(3)4/h8,13H,5-7H2,1-4H3,(H,12,14,15). The smallest absolute Gasteiger partial charge is 0.224 e. The quantitative estimate of drug-likeness (QED) is 0.697. The summed E-state index contributed by atoms with van der Waals surface area (Å²) in [4.78, 5) is 10.4. The zero-order valence-corrected chi connectivity index (χ0v) is 12.6. The van der Waals surface area contributed by atoms with Gasteiger partial charge in [-0.15, -0.1) is 0 Å². The van der Waals surface area contributed by atoms with E-state index in [2.05, 4.69) is 20.0 Å². The Hall–Kier alpha value is -1.41. The molecule has 0 radical (unpaired) electrons. The molecule has 108 valence electrons. The second-order valence-electron chi connectivity index (χ2n) is 4.31. The molecular formula is C11H21N5O2S. The van der Waals surface area contributed by atoms with Gasteiger partial charge in [0.2, 0.25) is 16.0 Å². The van der Waals surface area contributed by atoms with Gasteiger partial charge in [-0.1, -0.05) is 0 Å². The fourth-order valence-corrected chi connectivity index (χ4v) is 1.96. The summed E-state index contributed by atoms with van der Waals surface area (Å²) in [5.41, 5.74) is 0.857. The number of aryl methyl sites for hydroxylation is 1. The van der Waals surface area contributed by atoms with E-state index in [9.17, 15) is 8.42 Å². The zero-order chi connectivity index (χ0) is 14.5. The Morgan fingerprint density at radius 2 is 1.95 bits per heavy atom. The van der Waals surface area contributed by atoms with Crippen molar-refractivity contribution in [1.29, 1.82) is 0 Å². The van der Waals surface area contributed by atoms with Crippen LogP contribution in [0.1, 0.15) is 12.6 Å². The van der Waals surface area contributed by atoms with Crippen LogP contribution in [0.25, 0.3) is 0 Å². The molecule has 1 aromatic rings. The minimum Gasteiger partial charge on any atom is -0.363 e. The summed E-state index contributed by atoms with van der Waals surface area (Å²) < 4.78 is 24.9. The number of hydrogen-bond acceptors (Lipinski definition) is 6. The van der Waals surface area contributed by atoms with Crippen molar-refractivity contribution in [3.63, 3.8) is 0 Å². The van der Waals surface area contributed by atoms with E-state index in [1.807, 2.05) is 32.0 Å². The average molecular weight is 287 g/mol. The lowest BCUT2D eigenvalue weighted by atomic mass is 10.4.